The molecule has 8 heteroatoms. The molecular formula is C28H24ClN4O2S+. The van der Waals surface area contributed by atoms with Gasteiger partial charge in [0.1, 0.15) is 5.52 Å². The number of hydrogen-bond donors (Lipinski definition) is 1. The van der Waals surface area contributed by atoms with Gasteiger partial charge in [-0.1, -0.05) is 54.1 Å². The number of halogens is 1. The Morgan fingerprint density at radius 2 is 1.36 bits per heavy atom. The number of hydrogen-bond acceptors (Lipinski definition) is 4. The van der Waals surface area contributed by atoms with Crippen LogP contribution in [0, 0.1) is 0 Å². The van der Waals surface area contributed by atoms with Gasteiger partial charge in [0.05, 0.1) is 17.3 Å². The summed E-state index contributed by atoms with van der Waals surface area (Å²) in [6, 6.07) is 27.9. The SMILES string of the molecule is O=S(O)(=Nc1nc2ccccc2nc1-[n+]1ccc(CCCc2ccccc2)cc1)c1ccc(Cl)cc1. The molecule has 0 bridgehead atoms. The molecule has 0 aliphatic rings. The second kappa shape index (κ2) is 10.5. The molecule has 6 nitrogen and oxygen atoms in total. The van der Waals surface area contributed by atoms with Crippen LogP contribution in [0.15, 0.2) is 113 Å². The summed E-state index contributed by atoms with van der Waals surface area (Å²) in [6.07, 6.45) is 6.77. The molecule has 0 aliphatic carbocycles. The van der Waals surface area contributed by atoms with Crippen molar-refractivity contribution in [3.05, 3.63) is 120 Å². The third-order valence-electron chi connectivity index (χ3n) is 5.78. The fourth-order valence-electron chi connectivity index (χ4n) is 3.90. The summed E-state index contributed by atoms with van der Waals surface area (Å²) < 4.78 is 29.8. The molecule has 2 aromatic heterocycles. The van der Waals surface area contributed by atoms with Crippen molar-refractivity contribution < 1.29 is 13.3 Å². The molecule has 180 valence electrons. The highest BCUT2D eigenvalue weighted by atomic mass is 35.5. The van der Waals surface area contributed by atoms with Gasteiger partial charge in [0.2, 0.25) is 5.52 Å². The van der Waals surface area contributed by atoms with E-state index in [1.54, 1.807) is 22.8 Å². The van der Waals surface area contributed by atoms with E-state index in [4.69, 9.17) is 16.6 Å². The van der Waals surface area contributed by atoms with Crippen molar-refractivity contribution in [2.75, 3.05) is 0 Å². The molecule has 0 radical (unpaired) electrons. The number of benzene rings is 3. The fourth-order valence-corrected chi connectivity index (χ4v) is 4.98. The Labute approximate surface area is 215 Å². The first-order valence-corrected chi connectivity index (χ1v) is 13.4. The molecule has 0 saturated carbocycles. The number of aryl methyl sites for hydroxylation is 2. The van der Waals surface area contributed by atoms with E-state index in [0.717, 1.165) is 19.3 Å². The molecule has 36 heavy (non-hydrogen) atoms. The minimum atomic E-state index is -3.78. The highest BCUT2D eigenvalue weighted by molar-refractivity contribution is 7.88. The van der Waals surface area contributed by atoms with Gasteiger partial charge in [-0.05, 0) is 83.9 Å². The van der Waals surface area contributed by atoms with Crippen molar-refractivity contribution in [3.63, 3.8) is 0 Å². The van der Waals surface area contributed by atoms with Crippen LogP contribution in [-0.2, 0) is 22.9 Å². The van der Waals surface area contributed by atoms with Crippen LogP contribution in [0.2, 0.25) is 5.02 Å². The number of nitrogens with zero attached hydrogens (tertiary/aromatic N) is 4. The summed E-state index contributed by atoms with van der Waals surface area (Å²) in [5, 5.41) is 0.472. The van der Waals surface area contributed by atoms with Crippen molar-refractivity contribution in [1.29, 1.82) is 0 Å². The number of para-hydroxylation sites is 2. The predicted molar refractivity (Wildman–Crippen MR) is 142 cm³/mol. The van der Waals surface area contributed by atoms with Gasteiger partial charge in [-0.15, -0.1) is 4.36 Å². The fraction of sp³-hybridized carbons (Fsp3) is 0.107. The van der Waals surface area contributed by atoms with Crippen molar-refractivity contribution in [1.82, 2.24) is 9.97 Å². The molecule has 2 heterocycles. The minimum Gasteiger partial charge on any atom is -0.296 e. The van der Waals surface area contributed by atoms with Crippen molar-refractivity contribution in [2.45, 2.75) is 24.2 Å². The van der Waals surface area contributed by atoms with E-state index in [9.17, 15) is 8.76 Å². The Kier molecular flexibility index (Phi) is 7.04. The molecule has 0 fully saturated rings. The summed E-state index contributed by atoms with van der Waals surface area (Å²) >= 11 is 5.94. The van der Waals surface area contributed by atoms with E-state index in [-0.39, 0.29) is 10.7 Å². The number of pyridine rings is 1. The highest BCUT2D eigenvalue weighted by Gasteiger charge is 2.22. The molecule has 1 unspecified atom stereocenters. The van der Waals surface area contributed by atoms with Gasteiger partial charge in [-0.2, -0.15) is 4.57 Å². The molecule has 5 rings (SSSR count). The lowest BCUT2D eigenvalue weighted by Crippen LogP contribution is -2.31. The van der Waals surface area contributed by atoms with Crippen LogP contribution in [0.25, 0.3) is 16.9 Å². The third-order valence-corrected chi connectivity index (χ3v) is 7.34. The largest absolute Gasteiger partial charge is 0.374 e. The topological polar surface area (TPSA) is 79.3 Å². The molecule has 0 spiro atoms. The van der Waals surface area contributed by atoms with Crippen LogP contribution in [0.1, 0.15) is 17.5 Å². The maximum atomic E-state index is 13.1. The number of aromatic nitrogens is 3. The molecule has 0 aliphatic heterocycles. The zero-order valence-corrected chi connectivity index (χ0v) is 20.9. The van der Waals surface area contributed by atoms with Crippen LogP contribution < -0.4 is 4.57 Å². The van der Waals surface area contributed by atoms with E-state index in [1.807, 2.05) is 48.8 Å². The summed E-state index contributed by atoms with van der Waals surface area (Å²) in [4.78, 5) is 9.43. The van der Waals surface area contributed by atoms with Crippen LogP contribution >= 0.6 is 11.6 Å². The lowest BCUT2D eigenvalue weighted by Gasteiger charge is -2.06. The van der Waals surface area contributed by atoms with Crippen LogP contribution in [0.5, 0.6) is 0 Å². The monoisotopic (exact) mass is 515 g/mol. The Morgan fingerprint density at radius 3 is 2.03 bits per heavy atom. The highest BCUT2D eigenvalue weighted by Crippen LogP contribution is 2.24. The normalized spacial score (nSPS) is 12.8. The molecular weight excluding hydrogens is 492 g/mol. The van der Waals surface area contributed by atoms with Crippen molar-refractivity contribution in [3.8, 4) is 5.82 Å². The van der Waals surface area contributed by atoms with Crippen LogP contribution in [0.4, 0.5) is 5.82 Å². The van der Waals surface area contributed by atoms with Crippen molar-refractivity contribution >= 4 is 38.5 Å². The van der Waals surface area contributed by atoms with Gasteiger partial charge in [0.15, 0.2) is 10.0 Å². The Morgan fingerprint density at radius 1 is 0.778 bits per heavy atom. The molecule has 1 N–H and O–H groups in total. The summed E-state index contributed by atoms with van der Waals surface area (Å²) in [5.74, 6) is 0.457. The van der Waals surface area contributed by atoms with E-state index in [0.29, 0.717) is 21.9 Å². The van der Waals surface area contributed by atoms with Crippen LogP contribution in [0.3, 0.4) is 0 Å². The average Bonchev–Trinajstić information content (AvgIpc) is 2.89. The maximum Gasteiger partial charge on any atom is 0.374 e. The Balaban J connectivity index is 1.47. The molecule has 1 atom stereocenters. The quantitative estimate of drug-likeness (QED) is 0.255. The van der Waals surface area contributed by atoms with E-state index in [1.165, 1.54) is 23.3 Å². The third kappa shape index (κ3) is 5.60. The summed E-state index contributed by atoms with van der Waals surface area (Å²) in [5.41, 5.74) is 3.78. The molecule has 0 amide bonds. The lowest BCUT2D eigenvalue weighted by molar-refractivity contribution is -0.598. The van der Waals surface area contributed by atoms with Gasteiger partial charge in [-0.3, -0.25) is 4.55 Å². The van der Waals surface area contributed by atoms with E-state index < -0.39 is 10.0 Å². The number of rotatable bonds is 7. The van der Waals surface area contributed by atoms with E-state index >= 15 is 0 Å². The summed E-state index contributed by atoms with van der Waals surface area (Å²) in [6.45, 7) is 0. The molecule has 3 aromatic carbocycles. The molecule has 0 saturated heterocycles. The number of fused-ring (bicyclic) bond motifs is 1. The Hall–Kier alpha value is -3.65. The van der Waals surface area contributed by atoms with Crippen LogP contribution in [-0.4, -0.2) is 18.7 Å². The zero-order valence-electron chi connectivity index (χ0n) is 19.4. The lowest BCUT2D eigenvalue weighted by atomic mass is 10.1. The van der Waals surface area contributed by atoms with Gasteiger partial charge in [-0.25, -0.2) is 9.19 Å². The van der Waals surface area contributed by atoms with Gasteiger partial charge < -0.3 is 0 Å². The predicted octanol–water partition coefficient (Wildman–Crippen LogP) is 6.37. The van der Waals surface area contributed by atoms with Gasteiger partial charge >= 0.3 is 5.82 Å². The first kappa shape index (κ1) is 24.1. The smallest absolute Gasteiger partial charge is 0.296 e. The second-order valence-electron chi connectivity index (χ2n) is 8.35. The van der Waals surface area contributed by atoms with E-state index in [2.05, 4.69) is 33.6 Å². The first-order chi connectivity index (χ1) is 17.5. The maximum absolute atomic E-state index is 13.1. The van der Waals surface area contributed by atoms with Gasteiger partial charge in [0.25, 0.3) is 5.82 Å². The summed E-state index contributed by atoms with van der Waals surface area (Å²) in [7, 11) is -3.78. The minimum absolute atomic E-state index is 0.0815. The second-order valence-corrected chi connectivity index (χ2v) is 10.4. The first-order valence-electron chi connectivity index (χ1n) is 11.5. The van der Waals surface area contributed by atoms with Crippen molar-refractivity contribution in [2.24, 2.45) is 4.36 Å². The standard InChI is InChI=1S/C28H23ClN4O2S/c29-23-13-15-24(16-14-23)36(34,35)32-27-28(31-26-12-5-4-11-25(26)30-27)33-19-17-22(18-20-33)10-6-9-21-7-2-1-3-8-21/h1-5,7-8,11-20H,6,9-10H2/p+1. The van der Waals surface area contributed by atoms with Gasteiger partial charge in [0, 0.05) is 5.02 Å². The zero-order chi connectivity index (χ0) is 25.0. The Bertz CT molecular complexity index is 1620. The molecule has 5 aromatic rings. The average molecular weight is 516 g/mol.